The maximum Gasteiger partial charge on any atom is 0.310 e. The van der Waals surface area contributed by atoms with Crippen molar-refractivity contribution in [1.82, 2.24) is 0 Å². The minimum Gasteiger partial charge on any atom is -0.469 e. The minimum absolute atomic E-state index is 0.172. The van der Waals surface area contributed by atoms with Crippen molar-refractivity contribution in [2.45, 2.75) is 12.5 Å². The SMILES string of the molecule is COC(=O)C(C)C1(N)CSC1. The largest absolute Gasteiger partial charge is 0.469 e. The number of thioether (sulfide) groups is 1. The molecule has 11 heavy (non-hydrogen) atoms. The summed E-state index contributed by atoms with van der Waals surface area (Å²) in [5.41, 5.74) is 5.59. The lowest BCUT2D eigenvalue weighted by atomic mass is 9.89. The van der Waals surface area contributed by atoms with Gasteiger partial charge in [-0.3, -0.25) is 4.79 Å². The molecule has 0 amide bonds. The van der Waals surface area contributed by atoms with E-state index in [1.807, 2.05) is 6.92 Å². The molecule has 0 bridgehead atoms. The van der Waals surface area contributed by atoms with Gasteiger partial charge in [0.2, 0.25) is 0 Å². The van der Waals surface area contributed by atoms with Gasteiger partial charge in [0, 0.05) is 17.0 Å². The van der Waals surface area contributed by atoms with Crippen LogP contribution in [-0.2, 0) is 9.53 Å². The summed E-state index contributed by atoms with van der Waals surface area (Å²) in [6, 6.07) is 0. The Morgan fingerprint density at radius 2 is 2.27 bits per heavy atom. The van der Waals surface area contributed by atoms with E-state index in [2.05, 4.69) is 4.74 Å². The molecule has 64 valence electrons. The van der Waals surface area contributed by atoms with E-state index in [4.69, 9.17) is 5.73 Å². The maximum atomic E-state index is 11.0. The van der Waals surface area contributed by atoms with Crippen LogP contribution in [0.25, 0.3) is 0 Å². The molecule has 1 saturated heterocycles. The summed E-state index contributed by atoms with van der Waals surface area (Å²) in [7, 11) is 1.40. The molecule has 1 fully saturated rings. The molecule has 1 rings (SSSR count). The predicted octanol–water partition coefficient (Wildman–Crippen LogP) is 0.240. The Bertz CT molecular complexity index is 168. The van der Waals surface area contributed by atoms with Crippen LogP contribution in [0.4, 0.5) is 0 Å². The highest BCUT2D eigenvalue weighted by molar-refractivity contribution is 8.00. The highest BCUT2D eigenvalue weighted by Gasteiger charge is 2.42. The third-order valence-corrected chi connectivity index (χ3v) is 3.64. The van der Waals surface area contributed by atoms with E-state index in [-0.39, 0.29) is 17.4 Å². The van der Waals surface area contributed by atoms with E-state index < -0.39 is 0 Å². The lowest BCUT2D eigenvalue weighted by Gasteiger charge is -2.40. The number of carbonyl (C=O) groups is 1. The average Bonchev–Trinajstić information content (AvgIpc) is 1.97. The summed E-state index contributed by atoms with van der Waals surface area (Å²) in [5, 5.41) is 0. The fourth-order valence-electron chi connectivity index (χ4n) is 0.999. The molecule has 4 heteroatoms. The van der Waals surface area contributed by atoms with E-state index in [0.29, 0.717) is 0 Å². The second-order valence-electron chi connectivity index (χ2n) is 2.97. The normalized spacial score (nSPS) is 23.5. The van der Waals surface area contributed by atoms with Crippen LogP contribution in [0.2, 0.25) is 0 Å². The first kappa shape index (κ1) is 8.87. The van der Waals surface area contributed by atoms with Crippen LogP contribution in [0.15, 0.2) is 0 Å². The lowest BCUT2D eigenvalue weighted by molar-refractivity contribution is -0.146. The molecule has 3 nitrogen and oxygen atoms in total. The van der Waals surface area contributed by atoms with Gasteiger partial charge in [-0.25, -0.2) is 0 Å². The number of ether oxygens (including phenoxy) is 1. The molecule has 1 unspecified atom stereocenters. The summed E-state index contributed by atoms with van der Waals surface area (Å²) in [5.74, 6) is 1.36. The Morgan fingerprint density at radius 3 is 2.55 bits per heavy atom. The van der Waals surface area contributed by atoms with Crippen LogP contribution >= 0.6 is 11.8 Å². The van der Waals surface area contributed by atoms with Crippen molar-refractivity contribution in [3.63, 3.8) is 0 Å². The molecule has 0 spiro atoms. The van der Waals surface area contributed by atoms with Crippen LogP contribution in [0.5, 0.6) is 0 Å². The van der Waals surface area contributed by atoms with Gasteiger partial charge in [-0.2, -0.15) is 11.8 Å². The highest BCUT2D eigenvalue weighted by Crippen LogP contribution is 2.33. The van der Waals surface area contributed by atoms with Crippen LogP contribution in [0.3, 0.4) is 0 Å². The zero-order valence-corrected chi connectivity index (χ0v) is 7.61. The van der Waals surface area contributed by atoms with E-state index in [1.165, 1.54) is 7.11 Å². The highest BCUT2D eigenvalue weighted by atomic mass is 32.2. The maximum absolute atomic E-state index is 11.0. The predicted molar refractivity (Wildman–Crippen MR) is 45.4 cm³/mol. The molecular weight excluding hydrogens is 162 g/mol. The summed E-state index contributed by atoms with van der Waals surface area (Å²) in [6.45, 7) is 1.82. The van der Waals surface area contributed by atoms with Gasteiger partial charge in [-0.15, -0.1) is 0 Å². The van der Waals surface area contributed by atoms with Crippen molar-refractivity contribution in [3.05, 3.63) is 0 Å². The molecule has 0 radical (unpaired) electrons. The fourth-order valence-corrected chi connectivity index (χ4v) is 2.17. The van der Waals surface area contributed by atoms with Crippen molar-refractivity contribution >= 4 is 17.7 Å². The van der Waals surface area contributed by atoms with Crippen LogP contribution in [-0.4, -0.2) is 30.1 Å². The second kappa shape index (κ2) is 3.03. The fraction of sp³-hybridized carbons (Fsp3) is 0.857. The van der Waals surface area contributed by atoms with E-state index in [1.54, 1.807) is 11.8 Å². The first-order valence-corrected chi connectivity index (χ1v) is 4.70. The molecule has 0 aromatic rings. The zero-order chi connectivity index (χ0) is 8.48. The van der Waals surface area contributed by atoms with Crippen molar-refractivity contribution in [1.29, 1.82) is 0 Å². The Balaban J connectivity index is 2.52. The van der Waals surface area contributed by atoms with Gasteiger partial charge in [0.05, 0.1) is 13.0 Å². The van der Waals surface area contributed by atoms with E-state index in [0.717, 1.165) is 11.5 Å². The second-order valence-corrected chi connectivity index (χ2v) is 3.96. The zero-order valence-electron chi connectivity index (χ0n) is 6.79. The van der Waals surface area contributed by atoms with Crippen molar-refractivity contribution < 1.29 is 9.53 Å². The molecule has 0 saturated carbocycles. The molecule has 0 aliphatic carbocycles. The lowest BCUT2D eigenvalue weighted by Crippen LogP contribution is -2.59. The summed E-state index contributed by atoms with van der Waals surface area (Å²) in [6.07, 6.45) is 0. The van der Waals surface area contributed by atoms with Gasteiger partial charge >= 0.3 is 5.97 Å². The molecule has 0 aromatic carbocycles. The van der Waals surface area contributed by atoms with Crippen LogP contribution < -0.4 is 5.73 Å². The first-order chi connectivity index (χ1) is 5.10. The average molecular weight is 175 g/mol. The topological polar surface area (TPSA) is 52.3 Å². The Labute approximate surface area is 70.7 Å². The minimum atomic E-state index is -0.308. The smallest absolute Gasteiger partial charge is 0.310 e. The van der Waals surface area contributed by atoms with Crippen molar-refractivity contribution in [2.24, 2.45) is 11.7 Å². The molecule has 1 atom stereocenters. The van der Waals surface area contributed by atoms with Gasteiger partial charge in [-0.05, 0) is 0 Å². The molecule has 1 heterocycles. The van der Waals surface area contributed by atoms with E-state index in [9.17, 15) is 4.79 Å². The van der Waals surface area contributed by atoms with Gasteiger partial charge in [0.25, 0.3) is 0 Å². The van der Waals surface area contributed by atoms with Crippen molar-refractivity contribution in [2.75, 3.05) is 18.6 Å². The quantitative estimate of drug-likeness (QED) is 0.611. The number of rotatable bonds is 2. The first-order valence-electron chi connectivity index (χ1n) is 3.54. The van der Waals surface area contributed by atoms with Gasteiger partial charge in [0.15, 0.2) is 0 Å². The third kappa shape index (κ3) is 1.51. The number of esters is 1. The molecular formula is C7H13NO2S. The third-order valence-electron chi connectivity index (χ3n) is 2.16. The van der Waals surface area contributed by atoms with Gasteiger partial charge in [-0.1, -0.05) is 6.92 Å². The van der Waals surface area contributed by atoms with Crippen LogP contribution in [0.1, 0.15) is 6.92 Å². The number of methoxy groups -OCH3 is 1. The Morgan fingerprint density at radius 1 is 1.73 bits per heavy atom. The number of hydrogen-bond acceptors (Lipinski definition) is 4. The Kier molecular flexibility index (Phi) is 2.44. The standard InChI is InChI=1S/C7H13NO2S/c1-5(6(9)10-2)7(8)3-11-4-7/h5H,3-4,8H2,1-2H3. The summed E-state index contributed by atoms with van der Waals surface area (Å²) < 4.78 is 4.61. The Hall–Kier alpha value is -0.220. The summed E-state index contributed by atoms with van der Waals surface area (Å²) in [4.78, 5) is 11.0. The number of carbonyl (C=O) groups excluding carboxylic acids is 1. The molecule has 0 aromatic heterocycles. The molecule has 1 aliphatic heterocycles. The number of hydrogen-bond donors (Lipinski definition) is 1. The van der Waals surface area contributed by atoms with Gasteiger partial charge < -0.3 is 10.5 Å². The van der Waals surface area contributed by atoms with E-state index >= 15 is 0 Å². The van der Waals surface area contributed by atoms with Crippen LogP contribution in [0, 0.1) is 5.92 Å². The molecule has 1 aliphatic rings. The monoisotopic (exact) mass is 175 g/mol. The van der Waals surface area contributed by atoms with Crippen molar-refractivity contribution in [3.8, 4) is 0 Å². The number of nitrogens with two attached hydrogens (primary N) is 1. The molecule has 2 N–H and O–H groups in total. The van der Waals surface area contributed by atoms with Gasteiger partial charge in [0.1, 0.15) is 0 Å². The summed E-state index contributed by atoms with van der Waals surface area (Å²) >= 11 is 1.77.